The van der Waals surface area contributed by atoms with Crippen molar-refractivity contribution in [3.63, 3.8) is 0 Å². The molecule has 0 spiro atoms. The molecule has 126 valence electrons. The fourth-order valence-electron chi connectivity index (χ4n) is 2.09. The molecule has 0 saturated heterocycles. The lowest BCUT2D eigenvalue weighted by Crippen LogP contribution is -2.38. The van der Waals surface area contributed by atoms with E-state index in [9.17, 15) is 4.39 Å². The summed E-state index contributed by atoms with van der Waals surface area (Å²) in [5.41, 5.74) is 2.12. The molecule has 1 aromatic heterocycles. The molecule has 0 fully saturated rings. The predicted octanol–water partition coefficient (Wildman–Crippen LogP) is 3.72. The summed E-state index contributed by atoms with van der Waals surface area (Å²) < 4.78 is 12.9. The number of nitrogens with one attached hydrogen (secondary N) is 1. The minimum absolute atomic E-state index is 0. The maximum Gasteiger partial charge on any atom is 0.194 e. The van der Waals surface area contributed by atoms with E-state index in [-0.39, 0.29) is 29.8 Å². The Bertz CT molecular complexity index is 635. The van der Waals surface area contributed by atoms with Crippen LogP contribution in [0.5, 0.6) is 0 Å². The second kappa shape index (κ2) is 9.17. The number of benzene rings is 1. The summed E-state index contributed by atoms with van der Waals surface area (Å²) >= 11 is 1.70. The van der Waals surface area contributed by atoms with Gasteiger partial charge in [0.25, 0.3) is 0 Å². The number of thiazole rings is 1. The summed E-state index contributed by atoms with van der Waals surface area (Å²) in [6, 6.07) is 6.51. The van der Waals surface area contributed by atoms with Gasteiger partial charge in [-0.1, -0.05) is 12.1 Å². The SMILES string of the molecule is CN=C(NCc1nc(C)c(C)s1)N(C)Cc1ccc(F)cc1.I. The highest BCUT2D eigenvalue weighted by Gasteiger charge is 2.09. The van der Waals surface area contributed by atoms with Gasteiger partial charge in [0.15, 0.2) is 5.96 Å². The Balaban J connectivity index is 0.00000264. The van der Waals surface area contributed by atoms with Gasteiger partial charge in [-0.3, -0.25) is 4.99 Å². The van der Waals surface area contributed by atoms with Crippen LogP contribution in [0.15, 0.2) is 29.3 Å². The topological polar surface area (TPSA) is 40.5 Å². The van der Waals surface area contributed by atoms with Crippen molar-refractivity contribution < 1.29 is 4.39 Å². The standard InChI is InChI=1S/C16H21FN4S.HI/c1-11-12(2)22-15(20-11)9-19-16(18-3)21(4)10-13-5-7-14(17)8-6-13;/h5-8H,9-10H2,1-4H3,(H,18,19);1H. The van der Waals surface area contributed by atoms with Gasteiger partial charge in [0.2, 0.25) is 0 Å². The van der Waals surface area contributed by atoms with Crippen molar-refractivity contribution >= 4 is 41.3 Å². The fraction of sp³-hybridized carbons (Fsp3) is 0.375. The highest BCUT2D eigenvalue weighted by molar-refractivity contribution is 14.0. The quantitative estimate of drug-likeness (QED) is 0.441. The molecule has 0 aliphatic rings. The van der Waals surface area contributed by atoms with Crippen LogP contribution in [0.3, 0.4) is 0 Å². The molecule has 0 aliphatic carbocycles. The van der Waals surface area contributed by atoms with Crippen LogP contribution >= 0.6 is 35.3 Å². The van der Waals surface area contributed by atoms with E-state index in [4.69, 9.17) is 0 Å². The maximum absolute atomic E-state index is 12.9. The highest BCUT2D eigenvalue weighted by atomic mass is 127. The van der Waals surface area contributed by atoms with Crippen LogP contribution in [-0.4, -0.2) is 29.9 Å². The zero-order valence-electron chi connectivity index (χ0n) is 13.8. The van der Waals surface area contributed by atoms with Gasteiger partial charge in [0, 0.05) is 25.5 Å². The Labute approximate surface area is 157 Å². The van der Waals surface area contributed by atoms with Crippen LogP contribution in [0, 0.1) is 19.7 Å². The van der Waals surface area contributed by atoms with Gasteiger partial charge in [-0.25, -0.2) is 9.37 Å². The second-order valence-electron chi connectivity index (χ2n) is 5.13. The summed E-state index contributed by atoms with van der Waals surface area (Å²) in [6.07, 6.45) is 0. The first kappa shape index (κ1) is 19.8. The summed E-state index contributed by atoms with van der Waals surface area (Å²) in [7, 11) is 3.71. The molecule has 1 heterocycles. The summed E-state index contributed by atoms with van der Waals surface area (Å²) in [5.74, 6) is 0.568. The maximum atomic E-state index is 12.9. The van der Waals surface area contributed by atoms with E-state index in [1.807, 2.05) is 18.9 Å². The molecule has 0 radical (unpaired) electrons. The molecule has 0 bridgehead atoms. The number of guanidine groups is 1. The fourth-order valence-corrected chi connectivity index (χ4v) is 2.97. The average molecular weight is 448 g/mol. The van der Waals surface area contributed by atoms with E-state index >= 15 is 0 Å². The molecule has 2 rings (SSSR count). The van der Waals surface area contributed by atoms with Gasteiger partial charge >= 0.3 is 0 Å². The number of hydrogen-bond donors (Lipinski definition) is 1. The molecular formula is C16H22FIN4S. The molecular weight excluding hydrogens is 426 g/mol. The average Bonchev–Trinajstić information content (AvgIpc) is 2.81. The molecule has 0 atom stereocenters. The first-order valence-electron chi connectivity index (χ1n) is 7.08. The van der Waals surface area contributed by atoms with Crippen LogP contribution in [0.2, 0.25) is 0 Å². The minimum Gasteiger partial charge on any atom is -0.350 e. The zero-order valence-corrected chi connectivity index (χ0v) is 16.9. The third kappa shape index (κ3) is 5.72. The second-order valence-corrected chi connectivity index (χ2v) is 6.42. The Morgan fingerprint density at radius 1 is 1.30 bits per heavy atom. The smallest absolute Gasteiger partial charge is 0.194 e. The number of rotatable bonds is 4. The molecule has 23 heavy (non-hydrogen) atoms. The van der Waals surface area contributed by atoms with Crippen molar-refractivity contribution in [2.45, 2.75) is 26.9 Å². The van der Waals surface area contributed by atoms with Crippen LogP contribution in [-0.2, 0) is 13.1 Å². The van der Waals surface area contributed by atoms with Crippen LogP contribution < -0.4 is 5.32 Å². The molecule has 7 heteroatoms. The Morgan fingerprint density at radius 3 is 2.48 bits per heavy atom. The summed E-state index contributed by atoms with van der Waals surface area (Å²) in [4.78, 5) is 12.0. The molecule has 0 aliphatic heterocycles. The molecule has 1 aromatic carbocycles. The normalized spacial score (nSPS) is 11.1. The van der Waals surface area contributed by atoms with Crippen molar-refractivity contribution in [3.8, 4) is 0 Å². The number of aliphatic imine (C=N–C) groups is 1. The van der Waals surface area contributed by atoms with Gasteiger partial charge in [-0.05, 0) is 31.5 Å². The molecule has 2 aromatic rings. The van der Waals surface area contributed by atoms with Gasteiger partial charge in [0.1, 0.15) is 10.8 Å². The van der Waals surface area contributed by atoms with Crippen molar-refractivity contribution in [3.05, 3.63) is 51.2 Å². The molecule has 0 amide bonds. The van der Waals surface area contributed by atoms with E-state index in [1.54, 1.807) is 30.5 Å². The van der Waals surface area contributed by atoms with Crippen LogP contribution in [0.25, 0.3) is 0 Å². The van der Waals surface area contributed by atoms with Gasteiger partial charge < -0.3 is 10.2 Å². The van der Waals surface area contributed by atoms with Crippen LogP contribution in [0.1, 0.15) is 21.1 Å². The predicted molar refractivity (Wildman–Crippen MR) is 105 cm³/mol. The van der Waals surface area contributed by atoms with E-state index in [2.05, 4.69) is 22.2 Å². The lowest BCUT2D eigenvalue weighted by Gasteiger charge is -2.21. The number of hydrogen-bond acceptors (Lipinski definition) is 3. The highest BCUT2D eigenvalue weighted by Crippen LogP contribution is 2.16. The first-order valence-corrected chi connectivity index (χ1v) is 7.90. The van der Waals surface area contributed by atoms with E-state index in [0.717, 1.165) is 22.2 Å². The van der Waals surface area contributed by atoms with Crippen LogP contribution in [0.4, 0.5) is 4.39 Å². The van der Waals surface area contributed by atoms with Crippen molar-refractivity contribution in [2.24, 2.45) is 4.99 Å². The molecule has 0 saturated carbocycles. The van der Waals surface area contributed by atoms with E-state index in [1.165, 1.54) is 17.0 Å². The number of aryl methyl sites for hydroxylation is 2. The van der Waals surface area contributed by atoms with Gasteiger partial charge in [-0.2, -0.15) is 0 Å². The third-order valence-corrected chi connectivity index (χ3v) is 4.45. The molecule has 1 N–H and O–H groups in total. The lowest BCUT2D eigenvalue weighted by molar-refractivity contribution is 0.476. The van der Waals surface area contributed by atoms with E-state index < -0.39 is 0 Å². The lowest BCUT2D eigenvalue weighted by atomic mass is 10.2. The summed E-state index contributed by atoms with van der Waals surface area (Å²) in [5, 5.41) is 4.35. The largest absolute Gasteiger partial charge is 0.350 e. The number of aromatic nitrogens is 1. The van der Waals surface area contributed by atoms with Crippen molar-refractivity contribution in [2.75, 3.05) is 14.1 Å². The first-order chi connectivity index (χ1) is 10.5. The van der Waals surface area contributed by atoms with Gasteiger partial charge in [-0.15, -0.1) is 35.3 Å². The Kier molecular flexibility index (Phi) is 7.90. The minimum atomic E-state index is -0.219. The number of nitrogens with zero attached hydrogens (tertiary/aromatic N) is 3. The number of halogens is 2. The Hall–Kier alpha value is -1.22. The zero-order chi connectivity index (χ0) is 16.1. The molecule has 0 unspecified atom stereocenters. The molecule has 4 nitrogen and oxygen atoms in total. The third-order valence-electron chi connectivity index (χ3n) is 3.38. The van der Waals surface area contributed by atoms with Crippen molar-refractivity contribution in [1.82, 2.24) is 15.2 Å². The van der Waals surface area contributed by atoms with Crippen molar-refractivity contribution in [1.29, 1.82) is 0 Å². The Morgan fingerprint density at radius 2 is 1.96 bits per heavy atom. The van der Waals surface area contributed by atoms with E-state index in [0.29, 0.717) is 13.1 Å². The monoisotopic (exact) mass is 448 g/mol. The summed E-state index contributed by atoms with van der Waals surface area (Å²) in [6.45, 7) is 5.41. The van der Waals surface area contributed by atoms with Gasteiger partial charge in [0.05, 0.1) is 12.2 Å².